The van der Waals surface area contributed by atoms with Crippen molar-refractivity contribution in [2.75, 3.05) is 39.3 Å². The van der Waals surface area contributed by atoms with Crippen molar-refractivity contribution in [3.05, 3.63) is 29.8 Å². The lowest BCUT2D eigenvalue weighted by Crippen LogP contribution is -2.38. The Kier molecular flexibility index (Phi) is 7.08. The molecule has 2 aliphatic rings. The summed E-state index contributed by atoms with van der Waals surface area (Å²) in [5, 5.41) is 10.3. The van der Waals surface area contributed by atoms with Gasteiger partial charge in [-0.15, -0.1) is 0 Å². The first-order valence-corrected chi connectivity index (χ1v) is 9.68. The number of β-amino-alcohol motifs (C(OH)–C–C–N with tert-alkyl or cyclic N) is 1. The van der Waals surface area contributed by atoms with Gasteiger partial charge in [0.2, 0.25) is 0 Å². The fraction of sp³-hybridized carbons (Fsp3) is 0.700. The number of alkyl halides is 1. The van der Waals surface area contributed by atoms with Gasteiger partial charge in [0.25, 0.3) is 0 Å². The van der Waals surface area contributed by atoms with E-state index in [1.165, 1.54) is 19.3 Å². The topological polar surface area (TPSA) is 35.9 Å². The smallest absolute Gasteiger partial charge is 0.123 e. The first kappa shape index (κ1) is 18.6. The Bertz CT molecular complexity index is 514. The van der Waals surface area contributed by atoms with Crippen molar-refractivity contribution in [1.82, 2.24) is 9.80 Å². The monoisotopic (exact) mass is 350 g/mol. The van der Waals surface area contributed by atoms with Crippen LogP contribution in [-0.4, -0.2) is 66.5 Å². The molecular weight excluding hydrogens is 319 g/mol. The van der Waals surface area contributed by atoms with Gasteiger partial charge in [0.05, 0.1) is 0 Å². The van der Waals surface area contributed by atoms with E-state index in [0.717, 1.165) is 44.0 Å². The molecule has 140 valence electrons. The summed E-state index contributed by atoms with van der Waals surface area (Å²) in [4.78, 5) is 4.60. The third kappa shape index (κ3) is 5.94. The first-order valence-electron chi connectivity index (χ1n) is 9.68. The second-order valence-electron chi connectivity index (χ2n) is 7.38. The largest absolute Gasteiger partial charge is 0.491 e. The van der Waals surface area contributed by atoms with Gasteiger partial charge in [0, 0.05) is 31.7 Å². The summed E-state index contributed by atoms with van der Waals surface area (Å²) < 4.78 is 19.2. The molecular formula is C20H31FN2O2. The minimum Gasteiger partial charge on any atom is -0.491 e. The lowest BCUT2D eigenvalue weighted by molar-refractivity contribution is 0.0609. The summed E-state index contributed by atoms with van der Waals surface area (Å²) in [6.45, 7) is 5.55. The molecule has 2 aliphatic heterocycles. The Hall–Kier alpha value is -1.17. The quantitative estimate of drug-likeness (QED) is 0.820. The summed E-state index contributed by atoms with van der Waals surface area (Å²) >= 11 is 0. The van der Waals surface area contributed by atoms with E-state index in [4.69, 9.17) is 4.74 Å². The Balaban J connectivity index is 1.48. The van der Waals surface area contributed by atoms with E-state index in [9.17, 15) is 9.50 Å². The summed E-state index contributed by atoms with van der Waals surface area (Å²) in [5.41, 5.74) is 1.12. The second-order valence-corrected chi connectivity index (χ2v) is 7.38. The van der Waals surface area contributed by atoms with E-state index in [-0.39, 0.29) is 0 Å². The van der Waals surface area contributed by atoms with Crippen LogP contribution in [0.3, 0.4) is 0 Å². The minimum atomic E-state index is -0.646. The number of aliphatic hydroxyl groups excluding tert-OH is 1. The molecule has 1 aromatic rings. The Morgan fingerprint density at radius 3 is 2.52 bits per heavy atom. The van der Waals surface area contributed by atoms with E-state index in [1.54, 1.807) is 0 Å². The molecule has 0 saturated carbocycles. The van der Waals surface area contributed by atoms with Crippen LogP contribution in [0.2, 0.25) is 0 Å². The Morgan fingerprint density at radius 1 is 1.04 bits per heavy atom. The van der Waals surface area contributed by atoms with E-state index < -0.39 is 12.3 Å². The molecule has 0 amide bonds. The number of hydrogen-bond donors (Lipinski definition) is 1. The number of nitrogens with zero attached hydrogens (tertiary/aromatic N) is 2. The predicted molar refractivity (Wildman–Crippen MR) is 97.6 cm³/mol. The van der Waals surface area contributed by atoms with Crippen molar-refractivity contribution >= 4 is 0 Å². The molecule has 0 bridgehead atoms. The Morgan fingerprint density at radius 2 is 1.76 bits per heavy atom. The average Bonchev–Trinajstić information content (AvgIpc) is 2.64. The van der Waals surface area contributed by atoms with Crippen molar-refractivity contribution in [3.63, 3.8) is 0 Å². The van der Waals surface area contributed by atoms with Gasteiger partial charge < -0.3 is 14.7 Å². The summed E-state index contributed by atoms with van der Waals surface area (Å²) in [5.74, 6) is 0.836. The molecule has 2 fully saturated rings. The third-order valence-electron chi connectivity index (χ3n) is 5.23. The van der Waals surface area contributed by atoms with Crippen LogP contribution in [0.25, 0.3) is 0 Å². The van der Waals surface area contributed by atoms with Gasteiger partial charge in [-0.25, -0.2) is 4.39 Å². The average molecular weight is 350 g/mol. The molecule has 5 heteroatoms. The number of ether oxygens (including phenoxy) is 1. The number of hydrogen-bond acceptors (Lipinski definition) is 4. The summed E-state index contributed by atoms with van der Waals surface area (Å²) in [6, 6.07) is 8.00. The number of piperidine rings is 2. The number of para-hydroxylation sites is 1. The molecule has 3 rings (SSSR count). The van der Waals surface area contributed by atoms with Crippen LogP contribution in [0.15, 0.2) is 24.3 Å². The maximum absolute atomic E-state index is 13.3. The van der Waals surface area contributed by atoms with E-state index in [2.05, 4.69) is 15.9 Å². The minimum absolute atomic E-state index is 0.320. The first-order chi connectivity index (χ1) is 12.2. The van der Waals surface area contributed by atoms with Crippen LogP contribution in [0.1, 0.15) is 37.7 Å². The highest BCUT2D eigenvalue weighted by molar-refractivity contribution is 5.33. The molecule has 25 heavy (non-hydrogen) atoms. The molecule has 1 N–H and O–H groups in total. The molecule has 0 aromatic heterocycles. The predicted octanol–water partition coefficient (Wildman–Crippen LogP) is 2.85. The molecule has 0 radical (unpaired) electrons. The normalized spacial score (nSPS) is 22.0. The van der Waals surface area contributed by atoms with Crippen molar-refractivity contribution in [1.29, 1.82) is 0 Å². The van der Waals surface area contributed by atoms with Crippen LogP contribution in [-0.2, 0) is 6.54 Å². The van der Waals surface area contributed by atoms with Gasteiger partial charge in [-0.3, -0.25) is 4.90 Å². The highest BCUT2D eigenvalue weighted by Crippen LogP contribution is 2.23. The van der Waals surface area contributed by atoms with E-state index in [1.807, 2.05) is 18.2 Å². The van der Waals surface area contributed by atoms with E-state index >= 15 is 0 Å². The van der Waals surface area contributed by atoms with Crippen LogP contribution >= 0.6 is 0 Å². The molecule has 2 saturated heterocycles. The van der Waals surface area contributed by atoms with Crippen molar-refractivity contribution in [2.24, 2.45) is 0 Å². The molecule has 4 nitrogen and oxygen atoms in total. The molecule has 1 atom stereocenters. The van der Waals surface area contributed by atoms with Crippen LogP contribution in [0.4, 0.5) is 4.39 Å². The molecule has 0 spiro atoms. The van der Waals surface area contributed by atoms with Gasteiger partial charge in [-0.05, 0) is 44.8 Å². The SMILES string of the molecule is O[C@H](COc1ccccc1CN1CCC(F)CC1)CN1CCCCC1. The van der Waals surface area contributed by atoms with Crippen molar-refractivity contribution in [3.8, 4) is 5.75 Å². The van der Waals surface area contributed by atoms with Gasteiger partial charge >= 0.3 is 0 Å². The highest BCUT2D eigenvalue weighted by Gasteiger charge is 2.20. The standard InChI is InChI=1S/C20H31FN2O2/c21-18-8-12-23(13-9-18)14-17-6-2-3-7-20(17)25-16-19(24)15-22-10-4-1-5-11-22/h2-3,6-7,18-19,24H,1,4-5,8-16H2/t19-/m0/s1. The maximum atomic E-state index is 13.3. The van der Waals surface area contributed by atoms with Crippen molar-refractivity contribution < 1.29 is 14.2 Å². The number of halogens is 1. The molecule has 1 aromatic carbocycles. The second kappa shape index (κ2) is 9.51. The highest BCUT2D eigenvalue weighted by atomic mass is 19.1. The number of rotatable bonds is 7. The Labute approximate surface area is 150 Å². The van der Waals surface area contributed by atoms with Crippen molar-refractivity contribution in [2.45, 2.75) is 50.9 Å². The van der Waals surface area contributed by atoms with Gasteiger partial charge in [0.1, 0.15) is 24.6 Å². The fourth-order valence-corrected chi connectivity index (χ4v) is 3.75. The van der Waals surface area contributed by atoms with Crippen LogP contribution in [0, 0.1) is 0 Å². The zero-order valence-corrected chi connectivity index (χ0v) is 15.1. The fourth-order valence-electron chi connectivity index (χ4n) is 3.75. The molecule has 0 unspecified atom stereocenters. The lowest BCUT2D eigenvalue weighted by Gasteiger charge is -2.29. The van der Waals surface area contributed by atoms with Crippen LogP contribution in [0.5, 0.6) is 5.75 Å². The zero-order chi connectivity index (χ0) is 17.5. The van der Waals surface area contributed by atoms with Gasteiger partial charge in [-0.2, -0.15) is 0 Å². The summed E-state index contributed by atoms with van der Waals surface area (Å²) in [6.07, 6.45) is 3.89. The summed E-state index contributed by atoms with van der Waals surface area (Å²) in [7, 11) is 0. The maximum Gasteiger partial charge on any atom is 0.123 e. The third-order valence-corrected chi connectivity index (χ3v) is 5.23. The molecule has 2 heterocycles. The van der Waals surface area contributed by atoms with Gasteiger partial charge in [0.15, 0.2) is 0 Å². The zero-order valence-electron chi connectivity index (χ0n) is 15.1. The lowest BCUT2D eigenvalue weighted by atomic mass is 10.1. The number of benzene rings is 1. The van der Waals surface area contributed by atoms with E-state index in [0.29, 0.717) is 26.0 Å². The number of aliphatic hydroxyl groups is 1. The van der Waals surface area contributed by atoms with Gasteiger partial charge in [-0.1, -0.05) is 24.6 Å². The van der Waals surface area contributed by atoms with Crippen LogP contribution < -0.4 is 4.74 Å². The number of likely N-dealkylation sites (tertiary alicyclic amines) is 2. The molecule has 0 aliphatic carbocycles.